The number of aromatic nitrogens is 1. The third-order valence-electron chi connectivity index (χ3n) is 2.79. The van der Waals surface area contributed by atoms with Gasteiger partial charge in [-0.25, -0.2) is 4.79 Å². The van der Waals surface area contributed by atoms with Crippen LogP contribution in [-0.4, -0.2) is 28.0 Å². The van der Waals surface area contributed by atoms with Gasteiger partial charge in [0.1, 0.15) is 0 Å². The second-order valence-corrected chi connectivity index (χ2v) is 4.62. The maximum Gasteiger partial charge on any atom is 0.381 e. The van der Waals surface area contributed by atoms with Crippen molar-refractivity contribution in [2.75, 3.05) is 0 Å². The van der Waals surface area contributed by atoms with E-state index in [-0.39, 0.29) is 0 Å². The molecule has 6 nitrogen and oxygen atoms in total. The summed E-state index contributed by atoms with van der Waals surface area (Å²) >= 11 is 0. The largest absolute Gasteiger partial charge is 0.381 e. The highest BCUT2D eigenvalue weighted by atomic mass is 16.7. The van der Waals surface area contributed by atoms with Crippen molar-refractivity contribution in [2.24, 2.45) is 10.3 Å². The van der Waals surface area contributed by atoms with Crippen molar-refractivity contribution in [3.63, 3.8) is 0 Å². The van der Waals surface area contributed by atoms with Crippen LogP contribution in [0.3, 0.4) is 0 Å². The van der Waals surface area contributed by atoms with Crippen LogP contribution in [0.15, 0.2) is 34.8 Å². The molecule has 2 rings (SSSR count). The fourth-order valence-electron chi connectivity index (χ4n) is 1.69. The highest BCUT2D eigenvalue weighted by molar-refractivity contribution is 5.99. The van der Waals surface area contributed by atoms with Crippen LogP contribution in [-0.2, 0) is 14.5 Å². The van der Waals surface area contributed by atoms with E-state index < -0.39 is 11.6 Å². The summed E-state index contributed by atoms with van der Waals surface area (Å²) < 4.78 is 0. The lowest BCUT2D eigenvalue weighted by Gasteiger charge is -2.16. The van der Waals surface area contributed by atoms with Crippen molar-refractivity contribution in [3.05, 3.63) is 30.1 Å². The van der Waals surface area contributed by atoms with Crippen LogP contribution in [0, 0.1) is 0 Å². The lowest BCUT2D eigenvalue weighted by atomic mass is 10.0. The standard InChI is InChI=1S/C13H15N3O3/c1-9-8-13(3,19-15-9)12(17)18-16-10(2)11-4-6-14-7-5-11/h4-7H,8H2,1-3H3/b16-10+. The third-order valence-corrected chi connectivity index (χ3v) is 2.79. The maximum absolute atomic E-state index is 11.9. The average Bonchev–Trinajstić information content (AvgIpc) is 2.77. The molecule has 0 radical (unpaired) electrons. The first-order valence-electron chi connectivity index (χ1n) is 5.89. The first kappa shape index (κ1) is 13.2. The number of rotatable bonds is 3. The predicted octanol–water partition coefficient (Wildman–Crippen LogP) is 1.90. The van der Waals surface area contributed by atoms with Gasteiger partial charge in [0.25, 0.3) is 0 Å². The molecule has 1 aromatic rings. The van der Waals surface area contributed by atoms with Gasteiger partial charge in [-0.15, -0.1) is 0 Å². The predicted molar refractivity (Wildman–Crippen MR) is 69.8 cm³/mol. The quantitative estimate of drug-likeness (QED) is 0.473. The molecule has 1 unspecified atom stereocenters. The van der Waals surface area contributed by atoms with Gasteiger partial charge < -0.3 is 9.68 Å². The van der Waals surface area contributed by atoms with Gasteiger partial charge in [0.15, 0.2) is 0 Å². The molecule has 0 saturated carbocycles. The Morgan fingerprint density at radius 1 is 1.47 bits per heavy atom. The van der Waals surface area contributed by atoms with E-state index in [0.29, 0.717) is 12.1 Å². The van der Waals surface area contributed by atoms with E-state index in [9.17, 15) is 4.79 Å². The molecule has 0 amide bonds. The Hall–Kier alpha value is -2.24. The van der Waals surface area contributed by atoms with Crippen molar-refractivity contribution in [2.45, 2.75) is 32.8 Å². The van der Waals surface area contributed by atoms with Gasteiger partial charge in [0.05, 0.1) is 11.4 Å². The normalized spacial score (nSPS) is 22.7. The summed E-state index contributed by atoms with van der Waals surface area (Å²) in [5.41, 5.74) is 1.11. The van der Waals surface area contributed by atoms with Gasteiger partial charge in [-0.3, -0.25) is 4.98 Å². The summed E-state index contributed by atoms with van der Waals surface area (Å²) in [5.74, 6) is -0.554. The molecule has 0 saturated heterocycles. The van der Waals surface area contributed by atoms with Gasteiger partial charge in [0.2, 0.25) is 5.60 Å². The van der Waals surface area contributed by atoms with E-state index in [2.05, 4.69) is 15.3 Å². The minimum atomic E-state index is -1.08. The Balaban J connectivity index is 2.01. The van der Waals surface area contributed by atoms with Crippen molar-refractivity contribution in [1.29, 1.82) is 0 Å². The molecule has 1 aliphatic rings. The van der Waals surface area contributed by atoms with Gasteiger partial charge in [-0.05, 0) is 32.9 Å². The molecule has 0 fully saturated rings. The smallest absolute Gasteiger partial charge is 0.377 e. The minimum Gasteiger partial charge on any atom is -0.377 e. The lowest BCUT2D eigenvalue weighted by molar-refractivity contribution is -0.167. The molecule has 2 heterocycles. The number of hydrogen-bond donors (Lipinski definition) is 0. The number of pyridine rings is 1. The van der Waals surface area contributed by atoms with Crippen molar-refractivity contribution in [1.82, 2.24) is 4.98 Å². The SMILES string of the molecule is CC1=NOC(C)(C(=O)O/N=C(\C)c2ccncc2)C1. The van der Waals surface area contributed by atoms with Crippen LogP contribution >= 0.6 is 0 Å². The van der Waals surface area contributed by atoms with Crippen LogP contribution in [0.1, 0.15) is 32.8 Å². The number of oxime groups is 2. The van der Waals surface area contributed by atoms with E-state index >= 15 is 0 Å². The number of carbonyl (C=O) groups excluding carboxylic acids is 1. The number of hydrogen-bond acceptors (Lipinski definition) is 6. The summed E-state index contributed by atoms with van der Waals surface area (Å²) in [4.78, 5) is 25.8. The molecule has 1 aliphatic heterocycles. The summed E-state index contributed by atoms with van der Waals surface area (Å²) in [7, 11) is 0. The molecule has 0 N–H and O–H groups in total. The maximum atomic E-state index is 11.9. The Labute approximate surface area is 111 Å². The van der Waals surface area contributed by atoms with E-state index in [1.807, 2.05) is 0 Å². The van der Waals surface area contributed by atoms with Crippen LogP contribution in [0.4, 0.5) is 0 Å². The zero-order valence-corrected chi connectivity index (χ0v) is 11.1. The van der Waals surface area contributed by atoms with Crippen molar-refractivity contribution in [3.8, 4) is 0 Å². The molecule has 1 atom stereocenters. The highest BCUT2D eigenvalue weighted by Gasteiger charge is 2.43. The van der Waals surface area contributed by atoms with Gasteiger partial charge in [-0.2, -0.15) is 0 Å². The van der Waals surface area contributed by atoms with Crippen molar-refractivity contribution >= 4 is 17.4 Å². The minimum absolute atomic E-state index is 0.412. The first-order valence-corrected chi connectivity index (χ1v) is 5.89. The van der Waals surface area contributed by atoms with Gasteiger partial charge in [0, 0.05) is 24.4 Å². The van der Waals surface area contributed by atoms with Gasteiger partial charge in [-0.1, -0.05) is 10.3 Å². The molecule has 0 bridgehead atoms. The Kier molecular flexibility index (Phi) is 3.59. The molecule has 1 aromatic heterocycles. The molecule has 6 heteroatoms. The Morgan fingerprint density at radius 3 is 2.74 bits per heavy atom. The molecular formula is C13H15N3O3. The van der Waals surface area contributed by atoms with Crippen molar-refractivity contribution < 1.29 is 14.5 Å². The topological polar surface area (TPSA) is 73.1 Å². The summed E-state index contributed by atoms with van der Waals surface area (Å²) in [6, 6.07) is 3.57. The summed E-state index contributed by atoms with van der Waals surface area (Å²) in [5, 5.41) is 7.57. The monoisotopic (exact) mass is 261 g/mol. The molecule has 0 aliphatic carbocycles. The zero-order valence-electron chi connectivity index (χ0n) is 11.1. The fraction of sp³-hybridized carbons (Fsp3) is 0.385. The first-order chi connectivity index (χ1) is 9.01. The van der Waals surface area contributed by atoms with Crippen LogP contribution in [0.2, 0.25) is 0 Å². The molecule has 0 spiro atoms. The Bertz CT molecular complexity index is 539. The number of nitrogens with zero attached hydrogens (tertiary/aromatic N) is 3. The van der Waals surface area contributed by atoms with Crippen LogP contribution in [0.5, 0.6) is 0 Å². The van der Waals surface area contributed by atoms with E-state index in [4.69, 9.17) is 9.68 Å². The van der Waals surface area contributed by atoms with Gasteiger partial charge >= 0.3 is 5.97 Å². The van der Waals surface area contributed by atoms with E-state index in [1.165, 1.54) is 0 Å². The zero-order chi connectivity index (χ0) is 13.9. The fourth-order valence-corrected chi connectivity index (χ4v) is 1.69. The molecular weight excluding hydrogens is 246 g/mol. The molecule has 19 heavy (non-hydrogen) atoms. The summed E-state index contributed by atoms with van der Waals surface area (Å²) in [6.45, 7) is 5.18. The molecule has 0 aromatic carbocycles. The van der Waals surface area contributed by atoms with Crippen LogP contribution < -0.4 is 0 Å². The van der Waals surface area contributed by atoms with E-state index in [1.54, 1.807) is 45.3 Å². The van der Waals surface area contributed by atoms with Crippen LogP contribution in [0.25, 0.3) is 0 Å². The highest BCUT2D eigenvalue weighted by Crippen LogP contribution is 2.24. The Morgan fingerprint density at radius 2 is 2.16 bits per heavy atom. The number of carbonyl (C=O) groups is 1. The third kappa shape index (κ3) is 2.96. The lowest BCUT2D eigenvalue weighted by Crippen LogP contribution is -2.36. The second kappa shape index (κ2) is 5.17. The average molecular weight is 261 g/mol. The van der Waals surface area contributed by atoms with E-state index in [0.717, 1.165) is 11.3 Å². The molecule has 100 valence electrons. The second-order valence-electron chi connectivity index (χ2n) is 4.62. The summed E-state index contributed by atoms with van der Waals surface area (Å²) in [6.07, 6.45) is 3.71.